The molecule has 3 saturated heterocycles. The predicted octanol–water partition coefficient (Wildman–Crippen LogP) is 2.31. The molecule has 3 fully saturated rings. The molecule has 0 aliphatic carbocycles. The number of benzene rings is 2. The molecule has 0 bridgehead atoms. The minimum Gasteiger partial charge on any atom is -0.380 e. The summed E-state index contributed by atoms with van der Waals surface area (Å²) in [6.07, 6.45) is 3.71. The van der Waals surface area contributed by atoms with E-state index in [1.165, 1.54) is 18.3 Å². The average molecular weight is 991 g/mol. The van der Waals surface area contributed by atoms with Crippen LogP contribution in [0.25, 0.3) is 22.3 Å². The third kappa shape index (κ3) is 9.63. The van der Waals surface area contributed by atoms with Crippen LogP contribution in [0, 0.1) is 3.57 Å². The topological polar surface area (TPSA) is 173 Å². The summed E-state index contributed by atoms with van der Waals surface area (Å²) in [6, 6.07) is 18.2. The summed E-state index contributed by atoms with van der Waals surface area (Å²) >= 11 is 2.33. The van der Waals surface area contributed by atoms with E-state index in [0.29, 0.717) is 55.2 Å². The lowest BCUT2D eigenvalue weighted by molar-refractivity contribution is 0.0949. The first-order valence-electron chi connectivity index (χ1n) is 22.4. The second-order valence-electron chi connectivity index (χ2n) is 16.5. The molecule has 4 aromatic heterocycles. The number of hydrogen-bond donors (Lipinski definition) is 2. The third-order valence-electron chi connectivity index (χ3n) is 12.2. The molecule has 0 saturated carbocycles. The van der Waals surface area contributed by atoms with Crippen LogP contribution in [0.1, 0.15) is 43.7 Å². The number of halogens is 1. The Morgan fingerprint density at radius 1 is 0.703 bits per heavy atom. The molecular weight excluding hydrogens is 931 g/mol. The minimum absolute atomic E-state index is 0.101. The highest BCUT2D eigenvalue weighted by molar-refractivity contribution is 14.1. The standard InChI is InChI=1S/C23H29IN6O3.C22H30N6O3/c1-27-20-19(21(31)30(23(27)32)15-17-7-4-13-33-17)29(14-16-6-2-3-8-18(16)24)22(26-20)28-11-5-9-25-10-12-28;1-3-31-15-14-27-20(29)18-19(25(2)22(27)30)24-21(26-12-7-10-23-11-13-26)28(18)16-17-8-5-4-6-9-17/h2-3,6,8,17,25H,4-5,7,9-15H2,1H3;4-6,8-9,23H,3,7,10-16H2,1-2H3. The summed E-state index contributed by atoms with van der Waals surface area (Å²) in [5.41, 5.74) is 2.66. The van der Waals surface area contributed by atoms with Crippen LogP contribution in [-0.2, 0) is 49.7 Å². The largest absolute Gasteiger partial charge is 0.380 e. The number of imidazole rings is 2. The normalized spacial score (nSPS) is 17.2. The average Bonchev–Trinajstić information content (AvgIpc) is 3.91. The monoisotopic (exact) mass is 990 g/mol. The van der Waals surface area contributed by atoms with Gasteiger partial charge in [0.15, 0.2) is 22.3 Å². The maximum Gasteiger partial charge on any atom is 0.332 e. The van der Waals surface area contributed by atoms with E-state index in [4.69, 9.17) is 19.4 Å². The molecule has 2 N–H and O–H groups in total. The molecule has 1 atom stereocenters. The molecule has 1 unspecified atom stereocenters. The van der Waals surface area contributed by atoms with Gasteiger partial charge in [-0.15, -0.1) is 0 Å². The Bertz CT molecular complexity index is 2790. The number of hydrogen-bond acceptors (Lipinski definition) is 12. The van der Waals surface area contributed by atoms with Crippen LogP contribution >= 0.6 is 22.6 Å². The van der Waals surface area contributed by atoms with Crippen molar-refractivity contribution < 1.29 is 9.47 Å². The Hall–Kier alpha value is -5.09. The molecule has 0 radical (unpaired) electrons. The first-order valence-corrected chi connectivity index (χ1v) is 23.5. The lowest BCUT2D eigenvalue weighted by Crippen LogP contribution is -2.42. The van der Waals surface area contributed by atoms with Crippen molar-refractivity contribution in [2.75, 3.05) is 82.0 Å². The molecule has 64 heavy (non-hydrogen) atoms. The van der Waals surface area contributed by atoms with Crippen molar-refractivity contribution in [2.45, 2.75) is 64.9 Å². The van der Waals surface area contributed by atoms with E-state index in [0.717, 1.165) is 105 Å². The van der Waals surface area contributed by atoms with Gasteiger partial charge in [0.1, 0.15) is 0 Å². The lowest BCUT2D eigenvalue weighted by Gasteiger charge is -2.22. The molecule has 342 valence electrons. The van der Waals surface area contributed by atoms with E-state index >= 15 is 0 Å². The fourth-order valence-corrected chi connectivity index (χ4v) is 9.37. The van der Waals surface area contributed by atoms with E-state index in [9.17, 15) is 19.2 Å². The first-order chi connectivity index (χ1) is 31.2. The maximum absolute atomic E-state index is 13.7. The fourth-order valence-electron chi connectivity index (χ4n) is 8.81. The molecule has 19 heteroatoms. The number of ether oxygens (including phenoxy) is 2. The van der Waals surface area contributed by atoms with Crippen LogP contribution in [0.5, 0.6) is 0 Å². The number of nitrogens with one attached hydrogen (secondary N) is 2. The highest BCUT2D eigenvalue weighted by Gasteiger charge is 2.27. The Labute approximate surface area is 384 Å². The maximum atomic E-state index is 13.7. The van der Waals surface area contributed by atoms with Gasteiger partial charge in [0, 0.05) is 70.1 Å². The van der Waals surface area contributed by atoms with E-state index in [1.54, 1.807) is 14.1 Å². The van der Waals surface area contributed by atoms with E-state index in [2.05, 4.69) is 55.2 Å². The molecule has 0 spiro atoms. The zero-order chi connectivity index (χ0) is 44.7. The number of aryl methyl sites for hydroxylation is 2. The first kappa shape index (κ1) is 45.5. The molecule has 6 aromatic rings. The molecular formula is C45H59IN12O6. The third-order valence-corrected chi connectivity index (χ3v) is 13.3. The van der Waals surface area contributed by atoms with Crippen LogP contribution in [0.3, 0.4) is 0 Å². The van der Waals surface area contributed by atoms with Gasteiger partial charge >= 0.3 is 11.4 Å². The van der Waals surface area contributed by atoms with E-state index in [1.807, 2.05) is 58.5 Å². The molecule has 3 aliphatic heterocycles. The van der Waals surface area contributed by atoms with Gasteiger partial charge in [0.05, 0.1) is 38.9 Å². The van der Waals surface area contributed by atoms with E-state index in [-0.39, 0.29) is 41.7 Å². The summed E-state index contributed by atoms with van der Waals surface area (Å²) in [4.78, 5) is 67.4. The Balaban J connectivity index is 0.000000175. The van der Waals surface area contributed by atoms with Gasteiger partial charge < -0.3 is 29.9 Å². The van der Waals surface area contributed by atoms with Crippen molar-refractivity contribution in [3.05, 3.63) is 111 Å². The molecule has 7 heterocycles. The Morgan fingerprint density at radius 3 is 1.88 bits per heavy atom. The Morgan fingerprint density at radius 2 is 1.28 bits per heavy atom. The summed E-state index contributed by atoms with van der Waals surface area (Å²) < 4.78 is 21.8. The van der Waals surface area contributed by atoms with Gasteiger partial charge in [0.25, 0.3) is 11.1 Å². The van der Waals surface area contributed by atoms with Crippen LogP contribution in [0.4, 0.5) is 11.9 Å². The highest BCUT2D eigenvalue weighted by Crippen LogP contribution is 2.25. The predicted molar refractivity (Wildman–Crippen MR) is 257 cm³/mol. The van der Waals surface area contributed by atoms with Gasteiger partial charge in [-0.25, -0.2) is 9.59 Å². The summed E-state index contributed by atoms with van der Waals surface area (Å²) in [7, 11) is 3.38. The van der Waals surface area contributed by atoms with Crippen LogP contribution < -0.4 is 42.9 Å². The Kier molecular flexibility index (Phi) is 14.8. The number of rotatable bonds is 12. The van der Waals surface area contributed by atoms with Gasteiger partial charge in [-0.2, -0.15) is 9.97 Å². The van der Waals surface area contributed by atoms with Crippen molar-refractivity contribution in [1.82, 2.24) is 48.0 Å². The number of fused-ring (bicyclic) bond motifs is 2. The van der Waals surface area contributed by atoms with Gasteiger partial charge in [-0.05, 0) is 85.5 Å². The van der Waals surface area contributed by atoms with Crippen molar-refractivity contribution in [1.29, 1.82) is 0 Å². The zero-order valence-corrected chi connectivity index (χ0v) is 39.2. The summed E-state index contributed by atoms with van der Waals surface area (Å²) in [6.45, 7) is 11.9. The second-order valence-corrected chi connectivity index (χ2v) is 17.6. The van der Waals surface area contributed by atoms with Gasteiger partial charge in [-0.3, -0.25) is 37.0 Å². The fraction of sp³-hybridized carbons (Fsp3) is 0.511. The highest BCUT2D eigenvalue weighted by atomic mass is 127. The van der Waals surface area contributed by atoms with Gasteiger partial charge in [-0.1, -0.05) is 48.5 Å². The smallest absolute Gasteiger partial charge is 0.332 e. The SMILES string of the molecule is CCOCCn1c(=O)c2c(nc(N3CCCNCC3)n2Cc2ccccc2)n(C)c1=O.Cn1c(=O)n(CC2CCCO2)c(=O)c2c1nc(N1CCCNCC1)n2Cc1ccccc1I. The molecule has 9 rings (SSSR count). The van der Waals surface area contributed by atoms with Gasteiger partial charge in [0.2, 0.25) is 11.9 Å². The van der Waals surface area contributed by atoms with Crippen molar-refractivity contribution in [3.8, 4) is 0 Å². The van der Waals surface area contributed by atoms with Crippen molar-refractivity contribution in [3.63, 3.8) is 0 Å². The zero-order valence-electron chi connectivity index (χ0n) is 37.0. The van der Waals surface area contributed by atoms with Crippen molar-refractivity contribution >= 4 is 56.8 Å². The quantitative estimate of drug-likeness (QED) is 0.136. The second kappa shape index (κ2) is 20.8. The van der Waals surface area contributed by atoms with Crippen LogP contribution in [0.2, 0.25) is 0 Å². The number of aromatic nitrogens is 8. The molecule has 2 aromatic carbocycles. The van der Waals surface area contributed by atoms with Crippen LogP contribution in [-0.4, -0.2) is 116 Å². The molecule has 18 nitrogen and oxygen atoms in total. The van der Waals surface area contributed by atoms with E-state index < -0.39 is 0 Å². The minimum atomic E-state index is -0.370. The van der Waals surface area contributed by atoms with Crippen molar-refractivity contribution in [2.24, 2.45) is 14.1 Å². The number of nitrogens with zero attached hydrogens (tertiary/aromatic N) is 10. The molecule has 3 aliphatic rings. The van der Waals surface area contributed by atoms with Crippen LogP contribution in [0.15, 0.2) is 73.8 Å². The summed E-state index contributed by atoms with van der Waals surface area (Å²) in [5, 5.41) is 6.83. The lowest BCUT2D eigenvalue weighted by atomic mass is 10.2. The number of anilines is 2. The molecule has 0 amide bonds. The summed E-state index contributed by atoms with van der Waals surface area (Å²) in [5.74, 6) is 1.48.